The molecule has 0 radical (unpaired) electrons. The molecule has 12 heteroatoms. The molecule has 0 saturated carbocycles. The first-order valence-electron chi connectivity index (χ1n) is 9.89. The fourth-order valence-corrected chi connectivity index (χ4v) is 13.5. The Morgan fingerprint density at radius 1 is 1.19 bits per heavy atom. The van der Waals surface area contributed by atoms with Crippen LogP contribution in [0.25, 0.3) is 0 Å². The molecule has 0 aliphatic carbocycles. The number of nitrogens with zero attached hydrogens (tertiary/aromatic N) is 2. The molecule has 0 saturated heterocycles. The molecule has 2 atom stereocenters. The van der Waals surface area contributed by atoms with Crippen molar-refractivity contribution in [1.29, 1.82) is 0 Å². The molecule has 0 spiro atoms. The number of aryl methyl sites for hydroxylation is 1. The van der Waals surface area contributed by atoms with E-state index in [4.69, 9.17) is 0 Å². The summed E-state index contributed by atoms with van der Waals surface area (Å²) >= 11 is -3.08. The van der Waals surface area contributed by atoms with Gasteiger partial charge in [-0.05, 0) is 0 Å². The summed E-state index contributed by atoms with van der Waals surface area (Å²) in [5.74, 6) is -4.99. The third-order valence-corrected chi connectivity index (χ3v) is 16.8. The van der Waals surface area contributed by atoms with Gasteiger partial charge in [-0.2, -0.15) is 0 Å². The minimum absolute atomic E-state index is 0.0687. The van der Waals surface area contributed by atoms with E-state index in [1.54, 1.807) is 26.4 Å². The summed E-state index contributed by atoms with van der Waals surface area (Å²) in [5.41, 5.74) is 1.08. The van der Waals surface area contributed by atoms with E-state index in [1.165, 1.54) is 6.92 Å². The molecule has 11 nitrogen and oxygen atoms in total. The van der Waals surface area contributed by atoms with Crippen LogP contribution in [0.1, 0.15) is 46.5 Å². The Kier molecular flexibility index (Phi) is 9.11. The van der Waals surface area contributed by atoms with E-state index in [1.807, 2.05) is 14.6 Å². The Morgan fingerprint density at radius 2 is 1.87 bits per heavy atom. The number of carbonyl (C=O) groups excluding carboxylic acids is 4. The van der Waals surface area contributed by atoms with Crippen LogP contribution in [0.4, 0.5) is 0 Å². The van der Waals surface area contributed by atoms with E-state index < -0.39 is 52.3 Å². The zero-order chi connectivity index (χ0) is 23.0. The van der Waals surface area contributed by atoms with Crippen LogP contribution in [0.2, 0.25) is 3.17 Å². The summed E-state index contributed by atoms with van der Waals surface area (Å²) in [7, 11) is 0. The van der Waals surface area contributed by atoms with E-state index in [9.17, 15) is 24.3 Å². The average molecular weight is 540 g/mol. The van der Waals surface area contributed by atoms with Crippen LogP contribution in [0.15, 0.2) is 28.1 Å². The quantitative estimate of drug-likeness (QED) is 0.304. The van der Waals surface area contributed by atoms with Crippen molar-refractivity contribution in [1.82, 2.24) is 9.55 Å². The number of hydrogen-bond donors (Lipinski definition) is 1. The summed E-state index contributed by atoms with van der Waals surface area (Å²) in [5, 5.41) is 10.6. The normalized spacial score (nSPS) is 17.4. The maximum absolute atomic E-state index is 12.7. The average Bonchev–Trinajstić information content (AvgIpc) is 3.42. The molecule has 0 amide bonds. The predicted molar refractivity (Wildman–Crippen MR) is 105 cm³/mol. The van der Waals surface area contributed by atoms with Crippen molar-refractivity contribution >= 4 is 45.3 Å². The molecule has 168 valence electrons. The van der Waals surface area contributed by atoms with Crippen LogP contribution in [-0.4, -0.2) is 63.8 Å². The van der Waals surface area contributed by atoms with Gasteiger partial charge in [0.25, 0.3) is 0 Å². The van der Waals surface area contributed by atoms with Crippen molar-refractivity contribution in [3.05, 3.63) is 28.1 Å². The van der Waals surface area contributed by atoms with Crippen LogP contribution >= 0.6 is 0 Å². The van der Waals surface area contributed by atoms with Gasteiger partial charge in [0.15, 0.2) is 0 Å². The van der Waals surface area contributed by atoms with E-state index in [0.29, 0.717) is 19.4 Å². The number of aliphatic hydroxyl groups is 1. The molecule has 2 heterocycles. The molecule has 1 aromatic heterocycles. The molecule has 1 aliphatic rings. The van der Waals surface area contributed by atoms with Gasteiger partial charge in [-0.25, -0.2) is 0 Å². The molecule has 2 rings (SSSR count). The number of rotatable bonds is 7. The van der Waals surface area contributed by atoms with Gasteiger partial charge in [0.1, 0.15) is 0 Å². The Balaban J connectivity index is 1.94. The first kappa shape index (κ1) is 24.9. The van der Waals surface area contributed by atoms with Gasteiger partial charge in [-0.3, -0.25) is 0 Å². The van der Waals surface area contributed by atoms with E-state index in [-0.39, 0.29) is 6.42 Å². The summed E-state index contributed by atoms with van der Waals surface area (Å²) in [6.45, 7) is 5.63. The van der Waals surface area contributed by atoms with Gasteiger partial charge >= 0.3 is 187 Å². The SMILES string of the molecule is CCC(=O)OOC(=O)C(=O)OOC(=O)[C](C)(CC)[In]1[CH]=C(CCn2ccnc2)C[CH]1O. The molecule has 0 fully saturated rings. The van der Waals surface area contributed by atoms with Crippen molar-refractivity contribution in [3.63, 3.8) is 0 Å². The third kappa shape index (κ3) is 6.57. The van der Waals surface area contributed by atoms with Gasteiger partial charge in [-0.15, -0.1) is 0 Å². The van der Waals surface area contributed by atoms with Crippen molar-refractivity contribution in [3.8, 4) is 0 Å². The van der Waals surface area contributed by atoms with Gasteiger partial charge < -0.3 is 0 Å². The minimum atomic E-state index is -3.08. The van der Waals surface area contributed by atoms with Crippen LogP contribution < -0.4 is 0 Å². The second-order valence-electron chi connectivity index (χ2n) is 7.36. The predicted octanol–water partition coefficient (Wildman–Crippen LogP) is 1.12. The molecule has 2 unspecified atom stereocenters. The van der Waals surface area contributed by atoms with Crippen molar-refractivity contribution < 1.29 is 43.8 Å². The van der Waals surface area contributed by atoms with Crippen molar-refractivity contribution in [2.75, 3.05) is 0 Å². The topological polar surface area (TPSA) is 143 Å². The number of aromatic nitrogens is 2. The molecular formula is C19H25InN2O9. The van der Waals surface area contributed by atoms with Gasteiger partial charge in [0.05, 0.1) is 0 Å². The first-order valence-corrected chi connectivity index (χ1v) is 15.3. The van der Waals surface area contributed by atoms with Crippen LogP contribution in [0.5, 0.6) is 0 Å². The fraction of sp³-hybridized carbons (Fsp3) is 0.526. The molecule has 1 aromatic rings. The summed E-state index contributed by atoms with van der Waals surface area (Å²) in [4.78, 5) is 67.5. The number of hydrogen-bond acceptors (Lipinski definition) is 10. The summed E-state index contributed by atoms with van der Waals surface area (Å²) in [6, 6.07) is 0. The van der Waals surface area contributed by atoms with Crippen LogP contribution in [0.3, 0.4) is 0 Å². The maximum atomic E-state index is 12.7. The van der Waals surface area contributed by atoms with Gasteiger partial charge in [0, 0.05) is 0 Å². The second-order valence-corrected chi connectivity index (χ2v) is 17.2. The molecular weight excluding hydrogens is 515 g/mol. The fourth-order valence-electron chi connectivity index (χ4n) is 3.21. The standard InChI is InChI=1S/C10H13O8.C9H12N2O.In/c1-4-6(3)8(12)16-18-10(14)9(13)17-15-7(11)5-2;1-9(3-7-12)2-5-11-6-4-10-8-11;/h4-5H2,1-3H3;1,4,6-8,12H,2-3,5H2;. The summed E-state index contributed by atoms with van der Waals surface area (Å²) < 4.78 is 2.37. The van der Waals surface area contributed by atoms with E-state index in [2.05, 4.69) is 24.5 Å². The number of carbonyl (C=O) groups is 4. The molecule has 1 N–H and O–H groups in total. The Bertz CT molecular complexity index is 839. The Morgan fingerprint density at radius 3 is 2.45 bits per heavy atom. The number of imidazole rings is 1. The molecule has 0 bridgehead atoms. The molecule has 1 aliphatic heterocycles. The summed E-state index contributed by atoms with van der Waals surface area (Å²) in [6.07, 6.45) is 6.77. The monoisotopic (exact) mass is 540 g/mol. The Hall–Kier alpha value is -2.34. The van der Waals surface area contributed by atoms with E-state index >= 15 is 0 Å². The molecule has 31 heavy (non-hydrogen) atoms. The Labute approximate surface area is 186 Å². The second kappa shape index (κ2) is 11.3. The zero-order valence-electron chi connectivity index (χ0n) is 17.6. The first-order chi connectivity index (χ1) is 14.7. The molecule has 0 aromatic carbocycles. The van der Waals surface area contributed by atoms with Gasteiger partial charge in [0.2, 0.25) is 0 Å². The number of aliphatic hydroxyl groups excluding tert-OH is 1. The van der Waals surface area contributed by atoms with Crippen molar-refractivity contribution in [2.45, 2.75) is 60.0 Å². The van der Waals surface area contributed by atoms with E-state index in [0.717, 1.165) is 12.0 Å². The zero-order valence-corrected chi connectivity index (χ0v) is 20.9. The third-order valence-electron chi connectivity index (χ3n) is 5.35. The van der Waals surface area contributed by atoms with Crippen LogP contribution in [0, 0.1) is 0 Å². The van der Waals surface area contributed by atoms with Crippen molar-refractivity contribution in [2.24, 2.45) is 0 Å². The van der Waals surface area contributed by atoms with Gasteiger partial charge in [-0.1, -0.05) is 0 Å². The van der Waals surface area contributed by atoms with Crippen LogP contribution in [-0.2, 0) is 45.3 Å².